The highest BCUT2D eigenvalue weighted by Crippen LogP contribution is 2.42. The molecule has 1 aliphatic heterocycles. The van der Waals surface area contributed by atoms with Crippen LogP contribution in [0.1, 0.15) is 11.7 Å². The molecule has 114 valence electrons. The molecule has 1 aliphatic rings. The fourth-order valence-corrected chi connectivity index (χ4v) is 3.12. The van der Waals surface area contributed by atoms with Gasteiger partial charge < -0.3 is 24.2 Å². The summed E-state index contributed by atoms with van der Waals surface area (Å²) in [6.45, 7) is 0. The summed E-state index contributed by atoms with van der Waals surface area (Å²) in [7, 11) is -5.45. The Balaban J connectivity index is 1.85. The number of ether oxygens (including phenoxy) is 1. The molecule has 2 aromatic carbocycles. The largest absolute Gasteiger partial charge is 0.492 e. The minimum Gasteiger partial charge on any atom is -0.457 e. The van der Waals surface area contributed by atoms with E-state index in [1.807, 2.05) is 18.2 Å². The van der Waals surface area contributed by atoms with Crippen LogP contribution in [0.15, 0.2) is 48.5 Å². The molecular formula is C14H14BO6P. The molecular weight excluding hydrogens is 306 g/mol. The molecule has 0 spiro atoms. The quantitative estimate of drug-likeness (QED) is 0.582. The Morgan fingerprint density at radius 1 is 1.14 bits per heavy atom. The molecule has 0 saturated heterocycles. The van der Waals surface area contributed by atoms with Gasteiger partial charge >= 0.3 is 14.7 Å². The highest BCUT2D eigenvalue weighted by Gasteiger charge is 2.38. The smallest absolute Gasteiger partial charge is 0.457 e. The first-order valence-electron chi connectivity index (χ1n) is 6.67. The summed E-state index contributed by atoms with van der Waals surface area (Å²) >= 11 is 0. The van der Waals surface area contributed by atoms with Crippen LogP contribution in [0, 0.1) is 0 Å². The Kier molecular flexibility index (Phi) is 4.08. The van der Waals surface area contributed by atoms with Crippen molar-refractivity contribution in [2.75, 3.05) is 6.16 Å². The normalized spacial score (nSPS) is 17.4. The van der Waals surface area contributed by atoms with E-state index in [9.17, 15) is 9.59 Å². The number of hydrogen-bond donors (Lipinski definition) is 3. The van der Waals surface area contributed by atoms with Gasteiger partial charge in [0.25, 0.3) is 0 Å². The lowest BCUT2D eigenvalue weighted by Crippen LogP contribution is -2.28. The van der Waals surface area contributed by atoms with Crippen LogP contribution in [-0.4, -0.2) is 28.1 Å². The zero-order chi connectivity index (χ0) is 15.7. The van der Waals surface area contributed by atoms with Crippen molar-refractivity contribution in [1.29, 1.82) is 0 Å². The number of fused-ring (bicyclic) bond motifs is 1. The Hall–Kier alpha value is -1.63. The lowest BCUT2D eigenvalue weighted by molar-refractivity contribution is 0.202. The lowest BCUT2D eigenvalue weighted by atomic mass is 9.79. The van der Waals surface area contributed by atoms with E-state index in [1.165, 1.54) is 0 Å². The van der Waals surface area contributed by atoms with E-state index in [0.717, 1.165) is 0 Å². The van der Waals surface area contributed by atoms with Gasteiger partial charge in [0.05, 0.1) is 12.3 Å². The summed E-state index contributed by atoms with van der Waals surface area (Å²) in [5.74, 6) is 1.17. The van der Waals surface area contributed by atoms with Crippen molar-refractivity contribution in [3.63, 3.8) is 0 Å². The van der Waals surface area contributed by atoms with E-state index in [0.29, 0.717) is 22.5 Å². The van der Waals surface area contributed by atoms with Gasteiger partial charge in [-0.15, -0.1) is 0 Å². The second-order valence-corrected chi connectivity index (χ2v) is 6.72. The van der Waals surface area contributed by atoms with Crippen LogP contribution in [-0.2, 0) is 9.22 Å². The van der Waals surface area contributed by atoms with Gasteiger partial charge in [0.15, 0.2) is 0 Å². The van der Waals surface area contributed by atoms with Gasteiger partial charge in [0.2, 0.25) is 0 Å². The molecule has 0 aliphatic carbocycles. The van der Waals surface area contributed by atoms with Crippen molar-refractivity contribution in [3.8, 4) is 11.5 Å². The predicted molar refractivity (Wildman–Crippen MR) is 81.3 cm³/mol. The van der Waals surface area contributed by atoms with Crippen LogP contribution in [0.2, 0.25) is 0 Å². The Labute approximate surface area is 127 Å². The Morgan fingerprint density at radius 2 is 1.86 bits per heavy atom. The van der Waals surface area contributed by atoms with Crippen molar-refractivity contribution in [3.05, 3.63) is 54.1 Å². The number of benzene rings is 2. The van der Waals surface area contributed by atoms with E-state index < -0.39 is 27.0 Å². The average molecular weight is 320 g/mol. The second kappa shape index (κ2) is 5.87. The van der Waals surface area contributed by atoms with Gasteiger partial charge in [-0.2, -0.15) is 0 Å². The Bertz CT molecular complexity index is 717. The standard InChI is InChI=1S/C14H14BO6P/c16-15-13-8-11(20-10-4-2-1-3-5-10)6-7-12(13)14(21-15)9-22(17,18)19/h1-8,14,16H,9H2,(H2,17,18,19). The molecule has 6 nitrogen and oxygen atoms in total. The number of rotatable bonds is 4. The van der Waals surface area contributed by atoms with Crippen molar-refractivity contribution in [2.45, 2.75) is 6.10 Å². The SMILES string of the molecule is O=P(O)(O)CC1OB(O)c2cc(Oc3ccccc3)ccc21. The first kappa shape index (κ1) is 15.3. The van der Waals surface area contributed by atoms with Crippen LogP contribution in [0.3, 0.4) is 0 Å². The second-order valence-electron chi connectivity index (χ2n) is 5.03. The van der Waals surface area contributed by atoms with Crippen molar-refractivity contribution < 1.29 is 28.8 Å². The molecule has 3 rings (SSSR count). The van der Waals surface area contributed by atoms with Gasteiger partial charge in [0.1, 0.15) is 11.5 Å². The molecule has 0 bridgehead atoms. The van der Waals surface area contributed by atoms with Crippen molar-refractivity contribution in [1.82, 2.24) is 0 Å². The third-order valence-corrected chi connectivity index (χ3v) is 4.15. The van der Waals surface area contributed by atoms with Crippen LogP contribution in [0.25, 0.3) is 0 Å². The van der Waals surface area contributed by atoms with E-state index in [2.05, 4.69) is 0 Å². The molecule has 22 heavy (non-hydrogen) atoms. The summed E-state index contributed by atoms with van der Waals surface area (Å²) in [6.07, 6.45) is -1.28. The maximum absolute atomic E-state index is 11.1. The van der Waals surface area contributed by atoms with E-state index >= 15 is 0 Å². The monoisotopic (exact) mass is 320 g/mol. The van der Waals surface area contributed by atoms with Crippen molar-refractivity contribution in [2.24, 2.45) is 0 Å². The summed E-state index contributed by atoms with van der Waals surface area (Å²) in [4.78, 5) is 18.1. The van der Waals surface area contributed by atoms with Crippen LogP contribution in [0.4, 0.5) is 0 Å². The number of para-hydroxylation sites is 1. The fourth-order valence-electron chi connectivity index (χ4n) is 2.41. The van der Waals surface area contributed by atoms with Crippen molar-refractivity contribution >= 4 is 20.2 Å². The molecule has 1 heterocycles. The topological polar surface area (TPSA) is 96.2 Å². The van der Waals surface area contributed by atoms with E-state index in [4.69, 9.17) is 19.2 Å². The molecule has 2 aromatic rings. The van der Waals surface area contributed by atoms with Gasteiger partial charge in [-0.3, -0.25) is 4.57 Å². The van der Waals surface area contributed by atoms with Crippen LogP contribution >= 0.6 is 7.60 Å². The maximum atomic E-state index is 11.1. The zero-order valence-electron chi connectivity index (χ0n) is 11.5. The highest BCUT2D eigenvalue weighted by molar-refractivity contribution is 7.51. The molecule has 1 unspecified atom stereocenters. The highest BCUT2D eigenvalue weighted by atomic mass is 31.2. The first-order valence-corrected chi connectivity index (χ1v) is 8.47. The molecule has 0 fully saturated rings. The molecule has 3 N–H and O–H groups in total. The molecule has 1 atom stereocenters. The van der Waals surface area contributed by atoms with Gasteiger partial charge in [-0.25, -0.2) is 0 Å². The lowest BCUT2D eigenvalue weighted by Gasteiger charge is -2.13. The molecule has 0 amide bonds. The first-order chi connectivity index (χ1) is 10.4. The molecule has 0 radical (unpaired) electrons. The van der Waals surface area contributed by atoms with Gasteiger partial charge in [-0.05, 0) is 35.3 Å². The van der Waals surface area contributed by atoms with E-state index in [-0.39, 0.29) is 0 Å². The third kappa shape index (κ3) is 3.40. The molecule has 0 saturated carbocycles. The summed E-state index contributed by atoms with van der Waals surface area (Å²) < 4.78 is 22.0. The molecule has 8 heteroatoms. The maximum Gasteiger partial charge on any atom is 0.492 e. The average Bonchev–Trinajstić information content (AvgIpc) is 2.74. The van der Waals surface area contributed by atoms with Crippen LogP contribution in [0.5, 0.6) is 11.5 Å². The minimum atomic E-state index is -4.23. The minimum absolute atomic E-state index is 0.462. The summed E-state index contributed by atoms with van der Waals surface area (Å²) in [5, 5.41) is 9.91. The fraction of sp³-hybridized carbons (Fsp3) is 0.143. The zero-order valence-corrected chi connectivity index (χ0v) is 12.4. The summed E-state index contributed by atoms with van der Waals surface area (Å²) in [6, 6.07) is 14.1. The van der Waals surface area contributed by atoms with Gasteiger partial charge in [0, 0.05) is 0 Å². The van der Waals surface area contributed by atoms with Crippen LogP contribution < -0.4 is 10.2 Å². The predicted octanol–water partition coefficient (Wildman–Crippen LogP) is 1.42. The summed E-state index contributed by atoms with van der Waals surface area (Å²) in [5.41, 5.74) is 1.03. The third-order valence-electron chi connectivity index (χ3n) is 3.35. The van der Waals surface area contributed by atoms with E-state index in [1.54, 1.807) is 30.3 Å². The van der Waals surface area contributed by atoms with Gasteiger partial charge in [-0.1, -0.05) is 24.3 Å². The Morgan fingerprint density at radius 3 is 2.55 bits per heavy atom. The molecule has 0 aromatic heterocycles. The number of hydrogen-bond acceptors (Lipinski definition) is 4.